The summed E-state index contributed by atoms with van der Waals surface area (Å²) < 4.78 is 11.6. The van der Waals surface area contributed by atoms with Crippen LogP contribution in [-0.2, 0) is 16.0 Å². The number of benzene rings is 3. The third kappa shape index (κ3) is 3.02. The second kappa shape index (κ2) is 7.91. The summed E-state index contributed by atoms with van der Waals surface area (Å²) in [6, 6.07) is 22.3. The highest BCUT2D eigenvalue weighted by Gasteiger charge is 2.63. The van der Waals surface area contributed by atoms with Crippen molar-refractivity contribution in [3.63, 3.8) is 0 Å². The van der Waals surface area contributed by atoms with Crippen LogP contribution in [0.2, 0.25) is 0 Å². The number of fused-ring (bicyclic) bond motifs is 8. The molecule has 1 N–H and O–H groups in total. The third-order valence-electron chi connectivity index (χ3n) is 8.36. The Kier molecular flexibility index (Phi) is 4.72. The van der Waals surface area contributed by atoms with E-state index in [1.807, 2.05) is 42.5 Å². The number of ether oxygens (including phenoxy) is 2. The number of carbonyl (C=O) groups excluding carboxylic acids is 1. The SMILES string of the molecule is COC(=O)[C@]12Cc3c([nH]c4ccccc34)[C@@H](c3cccc([N+](=O)[O-])c3)N1[C@@H]1c3ccccc3OC[C@@H]1C2. The predicted octanol–water partition coefficient (Wildman–Crippen LogP) is 5.09. The van der Waals surface area contributed by atoms with Gasteiger partial charge in [0.05, 0.1) is 24.7 Å². The van der Waals surface area contributed by atoms with Crippen molar-refractivity contribution in [3.8, 4) is 5.75 Å². The first-order valence-electron chi connectivity index (χ1n) is 12.4. The molecule has 8 nitrogen and oxygen atoms in total. The van der Waals surface area contributed by atoms with Gasteiger partial charge in [0.1, 0.15) is 11.3 Å². The molecule has 0 amide bonds. The highest BCUT2D eigenvalue weighted by molar-refractivity contribution is 5.89. The van der Waals surface area contributed by atoms with Gasteiger partial charge in [-0.1, -0.05) is 48.5 Å². The minimum atomic E-state index is -0.946. The van der Waals surface area contributed by atoms with Gasteiger partial charge in [0.25, 0.3) is 5.69 Å². The van der Waals surface area contributed by atoms with E-state index >= 15 is 0 Å². The Hall–Kier alpha value is -4.17. The second-order valence-electron chi connectivity index (χ2n) is 10.2. The van der Waals surface area contributed by atoms with Crippen LogP contribution in [0.4, 0.5) is 5.69 Å². The number of carbonyl (C=O) groups is 1. The van der Waals surface area contributed by atoms with Crippen molar-refractivity contribution in [3.05, 3.63) is 105 Å². The van der Waals surface area contributed by atoms with E-state index in [-0.39, 0.29) is 28.5 Å². The molecule has 0 spiro atoms. The molecule has 3 aromatic carbocycles. The summed E-state index contributed by atoms with van der Waals surface area (Å²) >= 11 is 0. The van der Waals surface area contributed by atoms with Gasteiger partial charge in [-0.25, -0.2) is 0 Å². The fraction of sp³-hybridized carbons (Fsp3) is 0.276. The van der Waals surface area contributed by atoms with E-state index in [0.29, 0.717) is 19.4 Å². The van der Waals surface area contributed by atoms with Crippen LogP contribution in [0.25, 0.3) is 10.9 Å². The summed E-state index contributed by atoms with van der Waals surface area (Å²) in [6.45, 7) is 0.493. The van der Waals surface area contributed by atoms with Crippen molar-refractivity contribution >= 4 is 22.6 Å². The van der Waals surface area contributed by atoms with Crippen molar-refractivity contribution < 1.29 is 19.2 Å². The van der Waals surface area contributed by atoms with Crippen LogP contribution in [0.15, 0.2) is 72.8 Å². The van der Waals surface area contributed by atoms with Gasteiger partial charge in [0.15, 0.2) is 0 Å². The zero-order valence-corrected chi connectivity index (χ0v) is 20.2. The molecule has 37 heavy (non-hydrogen) atoms. The standard InChI is InChI=1S/C29H25N3O5/c1-36-28(33)29-14-18-16-37-24-12-5-3-10-21(24)26(18)31(29)27(17-7-6-8-19(13-17)32(34)35)25-22(15-29)20-9-2-4-11-23(20)30-25/h2-13,18,26-27,30H,14-16H2,1H3/t18-,26-,27+,29-/m0/s1. The average molecular weight is 496 g/mol. The number of non-ortho nitro benzene ring substituents is 1. The Morgan fingerprint density at radius 3 is 2.78 bits per heavy atom. The number of nitrogens with zero attached hydrogens (tertiary/aromatic N) is 2. The third-order valence-corrected chi connectivity index (χ3v) is 8.36. The van der Waals surface area contributed by atoms with Gasteiger partial charge in [-0.15, -0.1) is 0 Å². The molecule has 1 aromatic heterocycles. The summed E-state index contributed by atoms with van der Waals surface area (Å²) in [6.07, 6.45) is 1.06. The molecule has 3 aliphatic heterocycles. The highest BCUT2D eigenvalue weighted by Crippen LogP contribution is 2.60. The predicted molar refractivity (Wildman–Crippen MR) is 136 cm³/mol. The van der Waals surface area contributed by atoms with Crippen LogP contribution in [0.5, 0.6) is 5.75 Å². The summed E-state index contributed by atoms with van der Waals surface area (Å²) in [7, 11) is 1.44. The molecular formula is C29H25N3O5. The molecule has 4 heterocycles. The zero-order chi connectivity index (χ0) is 25.3. The lowest BCUT2D eigenvalue weighted by atomic mass is 9.79. The molecule has 4 aromatic rings. The number of rotatable bonds is 3. The molecule has 3 aliphatic rings. The number of aromatic nitrogens is 1. The quantitative estimate of drug-likeness (QED) is 0.242. The summed E-state index contributed by atoms with van der Waals surface area (Å²) in [4.78, 5) is 31.1. The van der Waals surface area contributed by atoms with Gasteiger partial charge in [0, 0.05) is 52.7 Å². The maximum absolute atomic E-state index is 13.8. The molecular weight excluding hydrogens is 470 g/mol. The number of hydrogen-bond donors (Lipinski definition) is 1. The molecule has 0 radical (unpaired) electrons. The molecule has 186 valence electrons. The fourth-order valence-electron chi connectivity index (χ4n) is 6.99. The van der Waals surface area contributed by atoms with Gasteiger partial charge in [-0.3, -0.25) is 19.8 Å². The van der Waals surface area contributed by atoms with Gasteiger partial charge in [-0.05, 0) is 29.7 Å². The molecule has 0 saturated carbocycles. The van der Waals surface area contributed by atoms with Crippen molar-refractivity contribution in [1.82, 2.24) is 9.88 Å². The Balaban J connectivity index is 1.54. The first kappa shape index (κ1) is 22.1. The maximum Gasteiger partial charge on any atom is 0.326 e. The van der Waals surface area contributed by atoms with E-state index in [1.165, 1.54) is 13.2 Å². The molecule has 8 heteroatoms. The average Bonchev–Trinajstić information content (AvgIpc) is 3.47. The number of methoxy groups -OCH3 is 1. The minimum absolute atomic E-state index is 0.0209. The lowest BCUT2D eigenvalue weighted by molar-refractivity contribution is -0.385. The second-order valence-corrected chi connectivity index (χ2v) is 10.2. The molecule has 0 unspecified atom stereocenters. The van der Waals surface area contributed by atoms with Gasteiger partial charge < -0.3 is 14.5 Å². The molecule has 7 rings (SSSR count). The maximum atomic E-state index is 13.8. The van der Waals surface area contributed by atoms with Crippen LogP contribution in [-0.4, -0.2) is 40.0 Å². The molecule has 0 aliphatic carbocycles. The molecule has 0 bridgehead atoms. The first-order valence-corrected chi connectivity index (χ1v) is 12.4. The summed E-state index contributed by atoms with van der Waals surface area (Å²) in [5.74, 6) is 0.584. The Labute approximate surface area is 213 Å². The minimum Gasteiger partial charge on any atom is -0.493 e. The lowest BCUT2D eigenvalue weighted by Gasteiger charge is -2.48. The molecule has 1 fully saturated rings. The lowest BCUT2D eigenvalue weighted by Crippen LogP contribution is -2.57. The van der Waals surface area contributed by atoms with Crippen LogP contribution >= 0.6 is 0 Å². The van der Waals surface area contributed by atoms with E-state index in [9.17, 15) is 14.9 Å². The van der Waals surface area contributed by atoms with Crippen molar-refractivity contribution in [2.75, 3.05) is 13.7 Å². The van der Waals surface area contributed by atoms with Crippen molar-refractivity contribution in [2.45, 2.75) is 30.5 Å². The molecule has 4 atom stereocenters. The number of para-hydroxylation sites is 2. The van der Waals surface area contributed by atoms with E-state index in [1.54, 1.807) is 12.1 Å². The topological polar surface area (TPSA) is 97.7 Å². The van der Waals surface area contributed by atoms with Crippen LogP contribution in [0.1, 0.15) is 40.9 Å². The normalized spacial score (nSPS) is 25.9. The van der Waals surface area contributed by atoms with Gasteiger partial charge >= 0.3 is 5.97 Å². The van der Waals surface area contributed by atoms with Crippen molar-refractivity contribution in [1.29, 1.82) is 0 Å². The number of nitrogens with one attached hydrogen (secondary N) is 1. The van der Waals surface area contributed by atoms with Gasteiger partial charge in [0.2, 0.25) is 0 Å². The number of aromatic amines is 1. The summed E-state index contributed by atoms with van der Waals surface area (Å²) in [5, 5.41) is 12.8. The van der Waals surface area contributed by atoms with Crippen LogP contribution < -0.4 is 4.74 Å². The van der Waals surface area contributed by atoms with Gasteiger partial charge in [-0.2, -0.15) is 0 Å². The number of hydrogen-bond acceptors (Lipinski definition) is 6. The van der Waals surface area contributed by atoms with E-state index in [4.69, 9.17) is 9.47 Å². The molecule has 1 saturated heterocycles. The fourth-order valence-corrected chi connectivity index (χ4v) is 6.99. The van der Waals surface area contributed by atoms with E-state index in [2.05, 4.69) is 22.0 Å². The van der Waals surface area contributed by atoms with E-state index in [0.717, 1.165) is 39.0 Å². The smallest absolute Gasteiger partial charge is 0.326 e. The first-order chi connectivity index (χ1) is 18.0. The van der Waals surface area contributed by atoms with Crippen molar-refractivity contribution in [2.24, 2.45) is 5.92 Å². The Bertz CT molecular complexity index is 1580. The van der Waals surface area contributed by atoms with Crippen LogP contribution in [0.3, 0.4) is 0 Å². The summed E-state index contributed by atoms with van der Waals surface area (Å²) in [5.41, 5.74) is 3.87. The Morgan fingerprint density at radius 1 is 1.14 bits per heavy atom. The number of esters is 1. The number of nitro benzene ring substituents is 1. The van der Waals surface area contributed by atoms with E-state index < -0.39 is 11.6 Å². The number of H-pyrrole nitrogens is 1. The largest absolute Gasteiger partial charge is 0.493 e. The zero-order valence-electron chi connectivity index (χ0n) is 20.2. The Morgan fingerprint density at radius 2 is 1.95 bits per heavy atom. The highest BCUT2D eigenvalue weighted by atomic mass is 16.6. The number of nitro groups is 1. The monoisotopic (exact) mass is 495 g/mol. The van der Waals surface area contributed by atoms with Crippen LogP contribution in [0, 0.1) is 16.0 Å².